The maximum absolute atomic E-state index is 12.4. The Labute approximate surface area is 133 Å². The van der Waals surface area contributed by atoms with Gasteiger partial charge in [-0.3, -0.25) is 9.69 Å². The first kappa shape index (κ1) is 15.8. The second kappa shape index (κ2) is 6.97. The molecule has 0 bridgehead atoms. The van der Waals surface area contributed by atoms with Crippen molar-refractivity contribution in [2.75, 3.05) is 19.8 Å². The highest BCUT2D eigenvalue weighted by Crippen LogP contribution is 2.26. The van der Waals surface area contributed by atoms with Crippen LogP contribution < -0.4 is 0 Å². The number of hydrogen-bond acceptors (Lipinski definition) is 5. The largest absolute Gasteiger partial charge is 0.481 e. The second-order valence-corrected chi connectivity index (χ2v) is 5.69. The number of nitrogens with zero attached hydrogens (tertiary/aromatic N) is 1. The number of aliphatic carboxylic acids is 1. The summed E-state index contributed by atoms with van der Waals surface area (Å²) in [7, 11) is 0. The fourth-order valence-electron chi connectivity index (χ4n) is 2.91. The lowest BCUT2D eigenvalue weighted by Crippen LogP contribution is -2.57. The smallest absolute Gasteiger partial charge is 0.410 e. The zero-order valence-corrected chi connectivity index (χ0v) is 12.6. The number of benzene rings is 1. The van der Waals surface area contributed by atoms with E-state index in [2.05, 4.69) is 0 Å². The molecule has 1 amide bonds. The molecule has 7 heteroatoms. The average Bonchev–Trinajstić information content (AvgIpc) is 3.00. The number of carboxylic acids is 1. The topological polar surface area (TPSA) is 85.3 Å². The summed E-state index contributed by atoms with van der Waals surface area (Å²) < 4.78 is 16.4. The van der Waals surface area contributed by atoms with Crippen molar-refractivity contribution < 1.29 is 28.9 Å². The van der Waals surface area contributed by atoms with E-state index in [0.29, 0.717) is 13.2 Å². The van der Waals surface area contributed by atoms with Gasteiger partial charge in [0.15, 0.2) is 0 Å². The van der Waals surface area contributed by atoms with E-state index in [1.54, 1.807) is 0 Å². The van der Waals surface area contributed by atoms with Gasteiger partial charge in [-0.05, 0) is 5.56 Å². The van der Waals surface area contributed by atoms with Crippen LogP contribution in [0.2, 0.25) is 0 Å². The Morgan fingerprint density at radius 2 is 2.04 bits per heavy atom. The maximum Gasteiger partial charge on any atom is 0.410 e. The van der Waals surface area contributed by atoms with Gasteiger partial charge in [0, 0.05) is 0 Å². The van der Waals surface area contributed by atoms with Crippen LogP contribution >= 0.6 is 0 Å². The molecule has 0 radical (unpaired) electrons. The Hall–Kier alpha value is -2.12. The van der Waals surface area contributed by atoms with Crippen LogP contribution in [0.4, 0.5) is 4.79 Å². The van der Waals surface area contributed by atoms with Crippen LogP contribution in [0.5, 0.6) is 0 Å². The number of ether oxygens (including phenoxy) is 3. The summed E-state index contributed by atoms with van der Waals surface area (Å²) in [6, 6.07) is 9.18. The molecule has 23 heavy (non-hydrogen) atoms. The molecule has 0 spiro atoms. The lowest BCUT2D eigenvalue weighted by Gasteiger charge is -2.39. The molecule has 3 rings (SSSR count). The van der Waals surface area contributed by atoms with Gasteiger partial charge in [-0.1, -0.05) is 30.3 Å². The van der Waals surface area contributed by atoms with Gasteiger partial charge in [-0.15, -0.1) is 0 Å². The third-order valence-corrected chi connectivity index (χ3v) is 4.01. The molecular weight excluding hydrogens is 302 g/mol. The molecule has 2 fully saturated rings. The maximum atomic E-state index is 12.4. The fourth-order valence-corrected chi connectivity index (χ4v) is 2.91. The summed E-state index contributed by atoms with van der Waals surface area (Å²) in [6.45, 7) is 1.12. The van der Waals surface area contributed by atoms with Crippen molar-refractivity contribution in [3.63, 3.8) is 0 Å². The first-order valence-electron chi connectivity index (χ1n) is 7.56. The molecule has 0 unspecified atom stereocenters. The molecule has 3 atom stereocenters. The molecule has 2 aliphatic heterocycles. The molecule has 7 nitrogen and oxygen atoms in total. The van der Waals surface area contributed by atoms with Gasteiger partial charge in [-0.25, -0.2) is 4.79 Å². The van der Waals surface area contributed by atoms with Crippen LogP contribution in [0.1, 0.15) is 12.0 Å². The van der Waals surface area contributed by atoms with Gasteiger partial charge in [0.2, 0.25) is 0 Å². The van der Waals surface area contributed by atoms with Crippen LogP contribution in [0.25, 0.3) is 0 Å². The molecule has 1 aromatic carbocycles. The summed E-state index contributed by atoms with van der Waals surface area (Å²) in [6.07, 6.45) is -1.45. The lowest BCUT2D eigenvalue weighted by molar-refractivity contribution is -0.147. The van der Waals surface area contributed by atoms with Crippen LogP contribution in [-0.4, -0.2) is 60.1 Å². The lowest BCUT2D eigenvalue weighted by atomic mass is 10.1. The van der Waals surface area contributed by atoms with E-state index >= 15 is 0 Å². The number of carboxylic acid groups (broad SMARTS) is 1. The van der Waals surface area contributed by atoms with Crippen molar-refractivity contribution in [1.29, 1.82) is 0 Å². The molecule has 2 saturated heterocycles. The molecule has 1 N–H and O–H groups in total. The molecule has 0 aromatic heterocycles. The Morgan fingerprint density at radius 1 is 1.26 bits per heavy atom. The number of morpholine rings is 1. The van der Waals surface area contributed by atoms with E-state index in [0.717, 1.165) is 5.56 Å². The number of amides is 1. The predicted octanol–water partition coefficient (Wildman–Crippen LogP) is 1.27. The summed E-state index contributed by atoms with van der Waals surface area (Å²) in [5, 5.41) is 8.94. The molecule has 124 valence electrons. The second-order valence-electron chi connectivity index (χ2n) is 5.69. The van der Waals surface area contributed by atoms with Gasteiger partial charge in [0.25, 0.3) is 0 Å². The van der Waals surface area contributed by atoms with E-state index < -0.39 is 18.2 Å². The van der Waals surface area contributed by atoms with Crippen LogP contribution in [0.3, 0.4) is 0 Å². The van der Waals surface area contributed by atoms with Crippen molar-refractivity contribution >= 4 is 12.1 Å². The number of fused-ring (bicyclic) bond motifs is 1. The van der Waals surface area contributed by atoms with Gasteiger partial charge in [0.05, 0.1) is 38.3 Å². The van der Waals surface area contributed by atoms with Gasteiger partial charge in [0.1, 0.15) is 12.7 Å². The number of carbonyl (C=O) groups excluding carboxylic acids is 1. The summed E-state index contributed by atoms with van der Waals surface area (Å²) in [5.41, 5.74) is 0.899. The number of carbonyl (C=O) groups is 2. The van der Waals surface area contributed by atoms with E-state index in [1.165, 1.54) is 4.90 Å². The van der Waals surface area contributed by atoms with Crippen molar-refractivity contribution in [3.05, 3.63) is 35.9 Å². The first-order valence-corrected chi connectivity index (χ1v) is 7.56. The highest BCUT2D eigenvalue weighted by Gasteiger charge is 2.44. The van der Waals surface area contributed by atoms with Crippen molar-refractivity contribution in [2.24, 2.45) is 0 Å². The van der Waals surface area contributed by atoms with Crippen LogP contribution in [0, 0.1) is 0 Å². The zero-order chi connectivity index (χ0) is 16.2. The van der Waals surface area contributed by atoms with E-state index in [4.69, 9.17) is 19.3 Å². The Balaban J connectivity index is 1.63. The standard InChI is InChI=1S/C16H19NO6/c18-15(19)6-12-7-17(13-9-21-10-14(13)23-12)16(20)22-8-11-4-2-1-3-5-11/h1-5,12-14H,6-10H2,(H,18,19)/t12-,13-,14-/m1/s1. The molecule has 1 aromatic rings. The molecule has 0 saturated carbocycles. The van der Waals surface area contributed by atoms with Gasteiger partial charge >= 0.3 is 12.1 Å². The monoisotopic (exact) mass is 321 g/mol. The van der Waals surface area contributed by atoms with Gasteiger partial charge < -0.3 is 19.3 Å². The van der Waals surface area contributed by atoms with Crippen molar-refractivity contribution in [1.82, 2.24) is 4.90 Å². The molecule has 0 aliphatic carbocycles. The van der Waals surface area contributed by atoms with Gasteiger partial charge in [-0.2, -0.15) is 0 Å². The highest BCUT2D eigenvalue weighted by molar-refractivity contribution is 5.70. The highest BCUT2D eigenvalue weighted by atomic mass is 16.6. The summed E-state index contributed by atoms with van der Waals surface area (Å²) >= 11 is 0. The quantitative estimate of drug-likeness (QED) is 0.899. The number of rotatable bonds is 4. The SMILES string of the molecule is O=C(O)C[C@@H]1CN(C(=O)OCc2ccccc2)[C@@H]2COC[C@H]2O1. The fraction of sp³-hybridized carbons (Fsp3) is 0.500. The third kappa shape index (κ3) is 3.80. The van der Waals surface area contributed by atoms with Crippen LogP contribution in [0.15, 0.2) is 30.3 Å². The Kier molecular flexibility index (Phi) is 4.78. The van der Waals surface area contributed by atoms with E-state index in [-0.39, 0.29) is 31.7 Å². The van der Waals surface area contributed by atoms with E-state index in [9.17, 15) is 9.59 Å². The third-order valence-electron chi connectivity index (χ3n) is 4.01. The molecule has 2 heterocycles. The normalized spacial score (nSPS) is 26.6. The van der Waals surface area contributed by atoms with Crippen molar-refractivity contribution in [2.45, 2.75) is 31.3 Å². The minimum Gasteiger partial charge on any atom is -0.481 e. The average molecular weight is 321 g/mol. The molecular formula is C16H19NO6. The summed E-state index contributed by atoms with van der Waals surface area (Å²) in [4.78, 5) is 24.8. The number of hydrogen-bond donors (Lipinski definition) is 1. The van der Waals surface area contributed by atoms with E-state index in [1.807, 2.05) is 30.3 Å². The minimum absolute atomic E-state index is 0.147. The zero-order valence-electron chi connectivity index (χ0n) is 12.6. The minimum atomic E-state index is -0.954. The first-order chi connectivity index (χ1) is 11.1. The molecule has 2 aliphatic rings. The van der Waals surface area contributed by atoms with Crippen molar-refractivity contribution in [3.8, 4) is 0 Å². The Bertz CT molecular complexity index is 563. The summed E-state index contributed by atoms with van der Waals surface area (Å²) in [5.74, 6) is -0.954. The van der Waals surface area contributed by atoms with Crippen LogP contribution in [-0.2, 0) is 25.6 Å². The Morgan fingerprint density at radius 3 is 2.78 bits per heavy atom. The predicted molar refractivity (Wildman–Crippen MR) is 78.9 cm³/mol.